The summed E-state index contributed by atoms with van der Waals surface area (Å²) in [6, 6.07) is 4.11. The van der Waals surface area contributed by atoms with E-state index < -0.39 is 5.54 Å². The van der Waals surface area contributed by atoms with Gasteiger partial charge in [0.15, 0.2) is 0 Å². The fourth-order valence-corrected chi connectivity index (χ4v) is 3.72. The molecule has 2 fully saturated rings. The molecule has 0 bridgehead atoms. The summed E-state index contributed by atoms with van der Waals surface area (Å²) >= 11 is 0. The van der Waals surface area contributed by atoms with Crippen LogP contribution in [0, 0.1) is 11.8 Å². The molecular weight excluding hydrogens is 292 g/mol. The molecule has 23 heavy (non-hydrogen) atoms. The van der Waals surface area contributed by atoms with Crippen molar-refractivity contribution in [3.8, 4) is 0 Å². The normalized spacial score (nSPS) is 26.9. The molecule has 0 spiro atoms. The second-order valence-corrected chi connectivity index (χ2v) is 7.21. The van der Waals surface area contributed by atoms with E-state index in [2.05, 4.69) is 5.32 Å². The fraction of sp³-hybridized carbons (Fsp3) is 0.722. The van der Waals surface area contributed by atoms with Crippen LogP contribution in [0.3, 0.4) is 0 Å². The molecular formula is C18H28N2O3. The maximum Gasteiger partial charge on any atom is 0.245 e. The van der Waals surface area contributed by atoms with Crippen molar-refractivity contribution in [1.82, 2.24) is 9.88 Å². The second kappa shape index (κ2) is 7.05. The summed E-state index contributed by atoms with van der Waals surface area (Å²) in [5.41, 5.74) is -0.581. The minimum Gasteiger partial charge on any atom is -0.381 e. The Morgan fingerprint density at radius 1 is 1.09 bits per heavy atom. The summed E-state index contributed by atoms with van der Waals surface area (Å²) in [4.78, 5) is 12.9. The molecule has 1 amide bonds. The Balaban J connectivity index is 1.67. The van der Waals surface area contributed by atoms with Crippen LogP contribution < -0.4 is 5.32 Å². The van der Waals surface area contributed by atoms with Crippen LogP contribution in [-0.2, 0) is 19.8 Å². The second-order valence-electron chi connectivity index (χ2n) is 7.21. The molecule has 3 rings (SSSR count). The average molecular weight is 320 g/mol. The molecule has 0 aromatic carbocycles. The third-order valence-electron chi connectivity index (χ3n) is 5.39. The summed E-state index contributed by atoms with van der Waals surface area (Å²) in [6.07, 6.45) is 6.93. The first-order chi connectivity index (χ1) is 11.1. The van der Waals surface area contributed by atoms with E-state index in [1.54, 1.807) is 0 Å². The molecule has 1 N–H and O–H groups in total. The summed E-state index contributed by atoms with van der Waals surface area (Å²) in [6.45, 7) is 7.07. The van der Waals surface area contributed by atoms with E-state index in [1.807, 2.05) is 42.9 Å². The van der Waals surface area contributed by atoms with Gasteiger partial charge in [0.05, 0.1) is 6.61 Å². The zero-order valence-corrected chi connectivity index (χ0v) is 14.2. The minimum atomic E-state index is -0.581. The van der Waals surface area contributed by atoms with E-state index in [0.29, 0.717) is 11.8 Å². The van der Waals surface area contributed by atoms with Gasteiger partial charge in [-0.1, -0.05) is 0 Å². The highest BCUT2D eigenvalue weighted by atomic mass is 16.5. The van der Waals surface area contributed by atoms with Crippen molar-refractivity contribution < 1.29 is 14.3 Å². The largest absolute Gasteiger partial charge is 0.381 e. The maximum absolute atomic E-state index is 12.9. The van der Waals surface area contributed by atoms with Gasteiger partial charge < -0.3 is 19.4 Å². The summed E-state index contributed by atoms with van der Waals surface area (Å²) in [7, 11) is 0. The Labute approximate surface area is 138 Å². The van der Waals surface area contributed by atoms with Crippen molar-refractivity contribution in [2.45, 2.75) is 44.7 Å². The van der Waals surface area contributed by atoms with Gasteiger partial charge in [-0.25, -0.2) is 0 Å². The standard InChI is InChI=1S/C18H28N2O3/c1-18(2,20-8-3-4-9-20)17(21)19-16-7-12-23-13-15(16)14-5-10-22-11-6-14/h3-4,8-9,14-16H,5-7,10-13H2,1-2H3,(H,19,21)/t15-,16-/m1/s1. The van der Waals surface area contributed by atoms with E-state index in [9.17, 15) is 4.79 Å². The molecule has 2 aliphatic heterocycles. The zero-order valence-electron chi connectivity index (χ0n) is 14.2. The number of aromatic nitrogens is 1. The quantitative estimate of drug-likeness (QED) is 0.925. The number of hydrogen-bond acceptors (Lipinski definition) is 3. The Morgan fingerprint density at radius 3 is 2.43 bits per heavy atom. The molecule has 0 aliphatic carbocycles. The van der Waals surface area contributed by atoms with Gasteiger partial charge in [0.2, 0.25) is 5.91 Å². The van der Waals surface area contributed by atoms with E-state index in [0.717, 1.165) is 45.7 Å². The molecule has 1 aromatic rings. The first kappa shape index (κ1) is 16.5. The summed E-state index contributed by atoms with van der Waals surface area (Å²) in [5, 5.41) is 3.31. The summed E-state index contributed by atoms with van der Waals surface area (Å²) in [5.74, 6) is 1.07. The number of amides is 1. The van der Waals surface area contributed by atoms with Crippen molar-refractivity contribution in [3.05, 3.63) is 24.5 Å². The molecule has 128 valence electrons. The number of nitrogens with one attached hydrogen (secondary N) is 1. The minimum absolute atomic E-state index is 0.0812. The van der Waals surface area contributed by atoms with E-state index in [-0.39, 0.29) is 11.9 Å². The number of ether oxygens (including phenoxy) is 2. The third kappa shape index (κ3) is 3.61. The molecule has 3 heterocycles. The van der Waals surface area contributed by atoms with Gasteiger partial charge in [0.1, 0.15) is 5.54 Å². The Morgan fingerprint density at radius 2 is 1.74 bits per heavy atom. The molecule has 2 aliphatic rings. The number of nitrogens with zero attached hydrogens (tertiary/aromatic N) is 1. The van der Waals surface area contributed by atoms with Crippen molar-refractivity contribution >= 4 is 5.91 Å². The van der Waals surface area contributed by atoms with Crippen molar-refractivity contribution in [2.24, 2.45) is 11.8 Å². The number of carbonyl (C=O) groups is 1. The third-order valence-corrected chi connectivity index (χ3v) is 5.39. The van der Waals surface area contributed by atoms with E-state index in [1.165, 1.54) is 0 Å². The highest BCUT2D eigenvalue weighted by Gasteiger charge is 2.37. The predicted octanol–water partition coefficient (Wildman–Crippen LogP) is 2.17. The van der Waals surface area contributed by atoms with Crippen LogP contribution >= 0.6 is 0 Å². The fourth-order valence-electron chi connectivity index (χ4n) is 3.72. The SMILES string of the molecule is CC(C)(C(=O)N[C@@H]1CCOC[C@@H]1C1CCOCC1)n1cccc1. The molecule has 0 radical (unpaired) electrons. The van der Waals surface area contributed by atoms with Crippen LogP contribution in [-0.4, -0.2) is 42.9 Å². The number of hydrogen-bond donors (Lipinski definition) is 1. The molecule has 0 unspecified atom stereocenters. The molecule has 2 saturated heterocycles. The number of carbonyl (C=O) groups excluding carboxylic acids is 1. The Bertz CT molecular complexity index is 506. The lowest BCUT2D eigenvalue weighted by atomic mass is 9.79. The Hall–Kier alpha value is -1.33. The highest BCUT2D eigenvalue weighted by Crippen LogP contribution is 2.31. The van der Waals surface area contributed by atoms with Gasteiger partial charge >= 0.3 is 0 Å². The molecule has 5 heteroatoms. The lowest BCUT2D eigenvalue weighted by Gasteiger charge is -2.40. The van der Waals surface area contributed by atoms with Gasteiger partial charge in [-0.05, 0) is 51.2 Å². The van der Waals surface area contributed by atoms with Gasteiger partial charge in [0, 0.05) is 44.2 Å². The monoisotopic (exact) mass is 320 g/mol. The van der Waals surface area contributed by atoms with E-state index >= 15 is 0 Å². The highest BCUT2D eigenvalue weighted by molar-refractivity contribution is 5.84. The smallest absolute Gasteiger partial charge is 0.245 e. The molecule has 5 nitrogen and oxygen atoms in total. The topological polar surface area (TPSA) is 52.5 Å². The summed E-state index contributed by atoms with van der Waals surface area (Å²) < 4.78 is 13.1. The predicted molar refractivity (Wildman–Crippen MR) is 88.2 cm³/mol. The molecule has 1 aromatic heterocycles. The zero-order chi connectivity index (χ0) is 16.3. The first-order valence-electron chi connectivity index (χ1n) is 8.69. The van der Waals surface area contributed by atoms with Crippen LogP contribution in [0.5, 0.6) is 0 Å². The van der Waals surface area contributed by atoms with Crippen molar-refractivity contribution in [1.29, 1.82) is 0 Å². The first-order valence-corrected chi connectivity index (χ1v) is 8.69. The van der Waals surface area contributed by atoms with Gasteiger partial charge in [-0.15, -0.1) is 0 Å². The lowest BCUT2D eigenvalue weighted by molar-refractivity contribution is -0.131. The van der Waals surface area contributed by atoms with Crippen molar-refractivity contribution in [3.63, 3.8) is 0 Å². The van der Waals surface area contributed by atoms with E-state index in [4.69, 9.17) is 9.47 Å². The van der Waals surface area contributed by atoms with Crippen LogP contribution in [0.1, 0.15) is 33.1 Å². The van der Waals surface area contributed by atoms with Gasteiger partial charge in [-0.2, -0.15) is 0 Å². The van der Waals surface area contributed by atoms with Crippen LogP contribution in [0.25, 0.3) is 0 Å². The van der Waals surface area contributed by atoms with Crippen molar-refractivity contribution in [2.75, 3.05) is 26.4 Å². The lowest BCUT2D eigenvalue weighted by Crippen LogP contribution is -2.54. The van der Waals surface area contributed by atoms with Gasteiger partial charge in [-0.3, -0.25) is 4.79 Å². The van der Waals surface area contributed by atoms with Gasteiger partial charge in [0.25, 0.3) is 0 Å². The van der Waals surface area contributed by atoms with Crippen LogP contribution in [0.2, 0.25) is 0 Å². The maximum atomic E-state index is 12.9. The number of rotatable bonds is 4. The Kier molecular flexibility index (Phi) is 5.07. The van der Waals surface area contributed by atoms with Crippen LogP contribution in [0.4, 0.5) is 0 Å². The average Bonchev–Trinajstić information content (AvgIpc) is 3.11. The molecule has 0 saturated carbocycles. The molecule has 2 atom stereocenters. The van der Waals surface area contributed by atoms with Crippen LogP contribution in [0.15, 0.2) is 24.5 Å².